The van der Waals surface area contributed by atoms with Crippen molar-refractivity contribution in [2.24, 2.45) is 5.92 Å². The molecule has 3 fully saturated rings. The summed E-state index contributed by atoms with van der Waals surface area (Å²) < 4.78 is 13.7. The first-order valence-corrected chi connectivity index (χ1v) is 7.39. The Kier molecular flexibility index (Phi) is 2.65. The van der Waals surface area contributed by atoms with Crippen LogP contribution in [0.1, 0.15) is 12.8 Å². The van der Waals surface area contributed by atoms with Gasteiger partial charge in [0.25, 0.3) is 5.56 Å². The van der Waals surface area contributed by atoms with Gasteiger partial charge in [-0.1, -0.05) is 0 Å². The number of hydrogen-bond acceptors (Lipinski definition) is 4. The van der Waals surface area contributed by atoms with E-state index in [9.17, 15) is 4.79 Å². The number of nitrogens with zero attached hydrogens (tertiary/aromatic N) is 2. The molecule has 104 valence electrons. The molecule has 0 unspecified atom stereocenters. The molecule has 2 bridgehead atoms. The molecule has 1 saturated carbocycles. The van der Waals surface area contributed by atoms with E-state index in [4.69, 9.17) is 9.47 Å². The third-order valence-corrected chi connectivity index (χ3v) is 4.50. The first kappa shape index (κ1) is 12.3. The van der Waals surface area contributed by atoms with Gasteiger partial charge in [0.2, 0.25) is 5.88 Å². The highest BCUT2D eigenvalue weighted by atomic mass is 79.9. The average molecular weight is 337 g/mol. The zero-order valence-corrected chi connectivity index (χ0v) is 12.3. The van der Waals surface area contributed by atoms with Crippen LogP contribution in [0.3, 0.4) is 0 Å². The van der Waals surface area contributed by atoms with Crippen molar-refractivity contribution in [1.82, 2.24) is 9.38 Å². The molecule has 0 atom stereocenters. The maximum absolute atomic E-state index is 12.0. The minimum absolute atomic E-state index is 0.128. The first-order chi connectivity index (χ1) is 9.63. The molecule has 0 radical (unpaired) electrons. The second-order valence-corrected chi connectivity index (χ2v) is 6.48. The molecule has 20 heavy (non-hydrogen) atoms. The van der Waals surface area contributed by atoms with Crippen molar-refractivity contribution >= 4 is 21.6 Å². The minimum Gasteiger partial charge on any atom is -0.474 e. The number of aromatic nitrogens is 2. The Hall–Kier alpha value is -1.40. The van der Waals surface area contributed by atoms with Gasteiger partial charge < -0.3 is 9.47 Å². The molecule has 0 N–H and O–H groups in total. The summed E-state index contributed by atoms with van der Waals surface area (Å²) in [6, 6.07) is 5.05. The highest BCUT2D eigenvalue weighted by molar-refractivity contribution is 9.10. The Morgan fingerprint density at radius 2 is 2.35 bits per heavy atom. The summed E-state index contributed by atoms with van der Waals surface area (Å²) in [5.74, 6) is 1.07. The molecule has 2 aromatic rings. The van der Waals surface area contributed by atoms with E-state index in [1.807, 2.05) is 6.07 Å². The van der Waals surface area contributed by atoms with Crippen LogP contribution < -0.4 is 10.3 Å². The van der Waals surface area contributed by atoms with Crippen molar-refractivity contribution in [2.45, 2.75) is 18.4 Å². The lowest BCUT2D eigenvalue weighted by Crippen LogP contribution is -2.42. The van der Waals surface area contributed by atoms with Gasteiger partial charge in [0, 0.05) is 10.7 Å². The van der Waals surface area contributed by atoms with E-state index < -0.39 is 0 Å². The van der Waals surface area contributed by atoms with E-state index in [0.29, 0.717) is 24.1 Å². The van der Waals surface area contributed by atoms with Crippen LogP contribution in [0.15, 0.2) is 33.7 Å². The van der Waals surface area contributed by atoms with Crippen LogP contribution in [0.25, 0.3) is 5.65 Å². The van der Waals surface area contributed by atoms with Crippen LogP contribution in [-0.4, -0.2) is 28.2 Å². The monoisotopic (exact) mass is 336 g/mol. The predicted molar refractivity (Wildman–Crippen MR) is 76.1 cm³/mol. The lowest BCUT2D eigenvalue weighted by Gasteiger charge is -2.35. The molecule has 1 aliphatic carbocycles. The molecule has 3 aliphatic rings. The van der Waals surface area contributed by atoms with Crippen LogP contribution in [0.5, 0.6) is 5.88 Å². The van der Waals surface area contributed by atoms with Crippen molar-refractivity contribution in [1.29, 1.82) is 0 Å². The molecule has 2 aromatic heterocycles. The summed E-state index contributed by atoms with van der Waals surface area (Å²) in [5, 5.41) is 0. The Labute approximate surface area is 123 Å². The molecular weight excluding hydrogens is 324 g/mol. The summed E-state index contributed by atoms with van der Waals surface area (Å²) in [5.41, 5.74) is 0.298. The SMILES string of the molecule is O=c1cc(OCC23CC(CO2)C3)nc2ccc(Br)cn12. The summed E-state index contributed by atoms with van der Waals surface area (Å²) in [7, 11) is 0. The second kappa shape index (κ2) is 4.30. The molecule has 6 heteroatoms. The average Bonchev–Trinajstić information content (AvgIpc) is 2.97. The third-order valence-electron chi connectivity index (χ3n) is 4.03. The molecule has 4 heterocycles. The molecular formula is C14H13BrN2O3. The van der Waals surface area contributed by atoms with Crippen LogP contribution in [0.2, 0.25) is 0 Å². The summed E-state index contributed by atoms with van der Waals surface area (Å²) in [6.07, 6.45) is 3.82. The number of pyridine rings is 1. The maximum atomic E-state index is 12.0. The zero-order chi connectivity index (χ0) is 13.7. The first-order valence-electron chi connectivity index (χ1n) is 6.59. The van der Waals surface area contributed by atoms with E-state index in [0.717, 1.165) is 23.9 Å². The predicted octanol–water partition coefficient (Wildman–Crippen LogP) is 2.01. The summed E-state index contributed by atoms with van der Waals surface area (Å²) in [6.45, 7) is 1.31. The zero-order valence-electron chi connectivity index (χ0n) is 10.7. The topological polar surface area (TPSA) is 52.8 Å². The van der Waals surface area contributed by atoms with Gasteiger partial charge in [-0.2, -0.15) is 4.98 Å². The van der Waals surface area contributed by atoms with Gasteiger partial charge in [-0.15, -0.1) is 0 Å². The fraction of sp³-hybridized carbons (Fsp3) is 0.429. The lowest BCUT2D eigenvalue weighted by atomic mass is 9.75. The van der Waals surface area contributed by atoms with E-state index in [2.05, 4.69) is 20.9 Å². The second-order valence-electron chi connectivity index (χ2n) is 5.57. The molecule has 0 aromatic carbocycles. The number of ether oxygens (including phenoxy) is 2. The van der Waals surface area contributed by atoms with Gasteiger partial charge in [0.1, 0.15) is 17.9 Å². The van der Waals surface area contributed by atoms with Crippen LogP contribution in [0, 0.1) is 5.92 Å². The Bertz CT molecular complexity index is 731. The highest BCUT2D eigenvalue weighted by Gasteiger charge is 2.52. The maximum Gasteiger partial charge on any atom is 0.261 e. The number of halogens is 1. The van der Waals surface area contributed by atoms with E-state index in [-0.39, 0.29) is 11.2 Å². The largest absolute Gasteiger partial charge is 0.474 e. The van der Waals surface area contributed by atoms with Crippen molar-refractivity contribution in [3.63, 3.8) is 0 Å². The standard InChI is InChI=1S/C14H13BrN2O3/c15-10-1-2-11-16-12(3-13(18)17(11)6-10)19-8-14-4-9(5-14)7-20-14/h1-3,6,9H,4-5,7-8H2. The number of fused-ring (bicyclic) bond motifs is 2. The van der Waals surface area contributed by atoms with E-state index in [1.165, 1.54) is 10.5 Å². The van der Waals surface area contributed by atoms with Gasteiger partial charge in [-0.25, -0.2) is 0 Å². The molecule has 2 aliphatic heterocycles. The van der Waals surface area contributed by atoms with E-state index in [1.54, 1.807) is 12.3 Å². The summed E-state index contributed by atoms with van der Waals surface area (Å²) in [4.78, 5) is 16.4. The van der Waals surface area contributed by atoms with Crippen molar-refractivity contribution in [3.8, 4) is 5.88 Å². The molecule has 2 saturated heterocycles. The molecule has 0 amide bonds. The van der Waals surface area contributed by atoms with Gasteiger partial charge >= 0.3 is 0 Å². The number of hydrogen-bond donors (Lipinski definition) is 0. The Balaban J connectivity index is 1.60. The highest BCUT2D eigenvalue weighted by Crippen LogP contribution is 2.48. The van der Waals surface area contributed by atoms with Crippen LogP contribution in [0.4, 0.5) is 0 Å². The number of rotatable bonds is 3. The van der Waals surface area contributed by atoms with Crippen molar-refractivity contribution in [3.05, 3.63) is 39.2 Å². The molecule has 0 spiro atoms. The van der Waals surface area contributed by atoms with Crippen molar-refractivity contribution in [2.75, 3.05) is 13.2 Å². The Morgan fingerprint density at radius 1 is 1.50 bits per heavy atom. The fourth-order valence-corrected chi connectivity index (χ4v) is 3.35. The minimum atomic E-state index is -0.150. The van der Waals surface area contributed by atoms with Gasteiger partial charge in [-0.3, -0.25) is 9.20 Å². The fourth-order valence-electron chi connectivity index (χ4n) is 3.02. The van der Waals surface area contributed by atoms with Crippen LogP contribution >= 0.6 is 15.9 Å². The third kappa shape index (κ3) is 1.94. The Morgan fingerprint density at radius 3 is 3.10 bits per heavy atom. The quantitative estimate of drug-likeness (QED) is 0.860. The van der Waals surface area contributed by atoms with E-state index >= 15 is 0 Å². The normalized spacial score (nSPS) is 27.6. The lowest BCUT2D eigenvalue weighted by molar-refractivity contribution is -0.0368. The van der Waals surface area contributed by atoms with Crippen LogP contribution in [-0.2, 0) is 4.74 Å². The van der Waals surface area contributed by atoms with Gasteiger partial charge in [0.15, 0.2) is 0 Å². The smallest absolute Gasteiger partial charge is 0.261 e. The molecule has 5 rings (SSSR count). The van der Waals surface area contributed by atoms with Crippen molar-refractivity contribution < 1.29 is 9.47 Å². The van der Waals surface area contributed by atoms with Gasteiger partial charge in [-0.05, 0) is 46.8 Å². The summed E-state index contributed by atoms with van der Waals surface area (Å²) >= 11 is 3.34. The van der Waals surface area contributed by atoms with Gasteiger partial charge in [0.05, 0.1) is 12.7 Å². The molecule has 5 nitrogen and oxygen atoms in total.